The summed E-state index contributed by atoms with van der Waals surface area (Å²) in [6.45, 7) is 1.94. The van der Waals surface area contributed by atoms with Gasteiger partial charge in [0.05, 0.1) is 23.0 Å². The summed E-state index contributed by atoms with van der Waals surface area (Å²) in [5.74, 6) is -2.70. The van der Waals surface area contributed by atoms with Gasteiger partial charge in [-0.3, -0.25) is 14.4 Å². The van der Waals surface area contributed by atoms with Crippen LogP contribution in [0.15, 0.2) is 102 Å². The van der Waals surface area contributed by atoms with Gasteiger partial charge in [0.15, 0.2) is 0 Å². The zero-order valence-corrected chi connectivity index (χ0v) is 21.9. The fourth-order valence-electron chi connectivity index (χ4n) is 3.39. The fourth-order valence-corrected chi connectivity index (χ4v) is 3.52. The number of para-hydroxylation sites is 1. The Labute approximate surface area is 234 Å². The van der Waals surface area contributed by atoms with Crippen LogP contribution >= 0.6 is 11.6 Å². The smallest absolute Gasteiger partial charge is 0.343 e. The van der Waals surface area contributed by atoms with Crippen LogP contribution in [0.4, 0.5) is 11.4 Å². The molecule has 0 fully saturated rings. The minimum absolute atomic E-state index is 0.167. The second kappa shape index (κ2) is 13.0. The lowest BCUT2D eigenvalue weighted by Gasteiger charge is -2.11. The molecule has 4 aromatic rings. The maximum absolute atomic E-state index is 12.7. The molecular weight excluding hydrogens is 532 g/mol. The number of carbonyl (C=O) groups excluding carboxylic acids is 4. The number of nitrogens with zero attached hydrogens (tertiary/aromatic N) is 1. The molecule has 4 aromatic carbocycles. The molecule has 0 atom stereocenters. The average Bonchev–Trinajstić information content (AvgIpc) is 2.95. The molecule has 0 saturated carbocycles. The first-order valence-electron chi connectivity index (χ1n) is 12.0. The molecule has 0 spiro atoms. The van der Waals surface area contributed by atoms with Crippen LogP contribution in [0.5, 0.6) is 5.75 Å². The highest BCUT2D eigenvalue weighted by Crippen LogP contribution is 2.18. The van der Waals surface area contributed by atoms with E-state index in [9.17, 15) is 19.2 Å². The second-order valence-electron chi connectivity index (χ2n) is 8.48. The normalized spacial score (nSPS) is 10.6. The van der Waals surface area contributed by atoms with E-state index in [-0.39, 0.29) is 11.3 Å². The predicted octanol–water partition coefficient (Wildman–Crippen LogP) is 5.21. The van der Waals surface area contributed by atoms with Crippen LogP contribution in [0, 0.1) is 6.92 Å². The van der Waals surface area contributed by atoms with Gasteiger partial charge in [0, 0.05) is 10.7 Å². The molecule has 0 saturated heterocycles. The van der Waals surface area contributed by atoms with Crippen molar-refractivity contribution in [3.63, 3.8) is 0 Å². The number of benzene rings is 4. The first-order valence-corrected chi connectivity index (χ1v) is 12.4. The lowest BCUT2D eigenvalue weighted by Crippen LogP contribution is -2.33. The average molecular weight is 555 g/mol. The first kappa shape index (κ1) is 27.7. The molecule has 0 unspecified atom stereocenters. The molecule has 0 bridgehead atoms. The Bertz CT molecular complexity index is 1570. The van der Waals surface area contributed by atoms with E-state index in [1.54, 1.807) is 72.8 Å². The van der Waals surface area contributed by atoms with E-state index in [1.165, 1.54) is 18.3 Å². The molecule has 0 aliphatic heterocycles. The van der Waals surface area contributed by atoms with Gasteiger partial charge in [0.2, 0.25) is 0 Å². The summed E-state index contributed by atoms with van der Waals surface area (Å²) in [4.78, 5) is 49.6. The number of carbonyl (C=O) groups is 4. The quantitative estimate of drug-likeness (QED) is 0.0950. The molecule has 3 amide bonds. The molecular formula is C30H23ClN4O5. The van der Waals surface area contributed by atoms with Crippen molar-refractivity contribution in [2.45, 2.75) is 6.92 Å². The second-order valence-corrected chi connectivity index (χ2v) is 8.92. The Kier molecular flexibility index (Phi) is 9.01. The Morgan fingerprint density at radius 2 is 1.45 bits per heavy atom. The zero-order chi connectivity index (χ0) is 28.5. The minimum Gasteiger partial charge on any atom is -0.423 e. The van der Waals surface area contributed by atoms with Crippen molar-refractivity contribution in [1.29, 1.82) is 0 Å². The molecule has 0 aliphatic rings. The van der Waals surface area contributed by atoms with Crippen molar-refractivity contribution in [3.05, 3.63) is 124 Å². The van der Waals surface area contributed by atoms with Gasteiger partial charge in [-0.05, 0) is 85.3 Å². The van der Waals surface area contributed by atoms with Gasteiger partial charge < -0.3 is 15.4 Å². The Morgan fingerprint density at radius 3 is 2.15 bits per heavy atom. The predicted molar refractivity (Wildman–Crippen MR) is 153 cm³/mol. The zero-order valence-electron chi connectivity index (χ0n) is 21.2. The van der Waals surface area contributed by atoms with E-state index in [1.807, 2.05) is 19.1 Å². The molecule has 10 heteroatoms. The van der Waals surface area contributed by atoms with Crippen LogP contribution in [0.2, 0.25) is 5.02 Å². The molecule has 9 nitrogen and oxygen atoms in total. The molecule has 4 rings (SSSR count). The van der Waals surface area contributed by atoms with Crippen molar-refractivity contribution in [3.8, 4) is 5.75 Å². The topological polar surface area (TPSA) is 126 Å². The summed E-state index contributed by atoms with van der Waals surface area (Å²) in [5, 5.41) is 9.49. The van der Waals surface area contributed by atoms with Gasteiger partial charge in [0.1, 0.15) is 5.75 Å². The van der Waals surface area contributed by atoms with E-state index < -0.39 is 23.7 Å². The molecule has 40 heavy (non-hydrogen) atoms. The third kappa shape index (κ3) is 7.62. The summed E-state index contributed by atoms with van der Waals surface area (Å²) < 4.78 is 5.31. The van der Waals surface area contributed by atoms with Crippen LogP contribution in [0.3, 0.4) is 0 Å². The number of hydrogen-bond donors (Lipinski definition) is 3. The fraction of sp³-hybridized carbons (Fsp3) is 0.0333. The third-order valence-corrected chi connectivity index (χ3v) is 5.74. The number of hydrogen-bond acceptors (Lipinski definition) is 6. The number of rotatable bonds is 7. The Balaban J connectivity index is 1.30. The van der Waals surface area contributed by atoms with Crippen LogP contribution < -0.4 is 20.8 Å². The largest absolute Gasteiger partial charge is 0.423 e. The summed E-state index contributed by atoms with van der Waals surface area (Å²) in [5.41, 5.74) is 5.06. The van der Waals surface area contributed by atoms with Crippen LogP contribution in [0.25, 0.3) is 0 Å². The lowest BCUT2D eigenvalue weighted by atomic mass is 10.1. The minimum atomic E-state index is -1.03. The van der Waals surface area contributed by atoms with E-state index in [2.05, 4.69) is 21.2 Å². The number of ether oxygens (including phenoxy) is 1. The summed E-state index contributed by atoms with van der Waals surface area (Å²) >= 11 is 5.83. The van der Waals surface area contributed by atoms with E-state index in [4.69, 9.17) is 16.3 Å². The Morgan fingerprint density at radius 1 is 0.775 bits per heavy atom. The molecule has 0 radical (unpaired) electrons. The number of amides is 3. The van der Waals surface area contributed by atoms with Crippen molar-refractivity contribution < 1.29 is 23.9 Å². The number of hydrazone groups is 1. The highest BCUT2D eigenvalue weighted by Gasteiger charge is 2.18. The standard InChI is InChI=1S/C30H23ClN4O5/c1-19-6-14-23(15-7-19)33-27(36)25-4-2-3-5-26(25)34-28(37)29(38)35-32-18-20-8-16-24(17-9-20)40-30(39)21-10-12-22(31)13-11-21/h2-18H,1H3,(H,33,36)(H,34,37)(H,35,38)/b32-18-. The number of halogens is 1. The van der Waals surface area contributed by atoms with E-state index in [0.29, 0.717) is 27.6 Å². The molecule has 0 aliphatic carbocycles. The number of esters is 1. The van der Waals surface area contributed by atoms with Gasteiger partial charge in [0.25, 0.3) is 5.91 Å². The number of anilines is 2. The van der Waals surface area contributed by atoms with Crippen molar-refractivity contribution in [1.82, 2.24) is 5.43 Å². The van der Waals surface area contributed by atoms with E-state index in [0.717, 1.165) is 5.56 Å². The van der Waals surface area contributed by atoms with Crippen LogP contribution in [0.1, 0.15) is 31.8 Å². The summed E-state index contributed by atoms with van der Waals surface area (Å²) in [7, 11) is 0. The first-order chi connectivity index (χ1) is 19.3. The van der Waals surface area contributed by atoms with Crippen molar-refractivity contribution in [2.24, 2.45) is 5.10 Å². The lowest BCUT2D eigenvalue weighted by molar-refractivity contribution is -0.136. The van der Waals surface area contributed by atoms with Crippen molar-refractivity contribution >= 4 is 52.9 Å². The van der Waals surface area contributed by atoms with Gasteiger partial charge in [-0.2, -0.15) is 5.10 Å². The Hall–Kier alpha value is -5.28. The number of nitrogens with one attached hydrogen (secondary N) is 3. The highest BCUT2D eigenvalue weighted by atomic mass is 35.5. The summed E-state index contributed by atoms with van der Waals surface area (Å²) in [6, 6.07) is 26.2. The van der Waals surface area contributed by atoms with Crippen LogP contribution in [-0.4, -0.2) is 29.9 Å². The highest BCUT2D eigenvalue weighted by molar-refractivity contribution is 6.40. The van der Waals surface area contributed by atoms with Crippen molar-refractivity contribution in [2.75, 3.05) is 10.6 Å². The summed E-state index contributed by atoms with van der Waals surface area (Å²) in [6.07, 6.45) is 1.32. The molecule has 3 N–H and O–H groups in total. The maximum atomic E-state index is 12.7. The van der Waals surface area contributed by atoms with Gasteiger partial charge in [-0.15, -0.1) is 0 Å². The van der Waals surface area contributed by atoms with Gasteiger partial charge in [-0.25, -0.2) is 10.2 Å². The van der Waals surface area contributed by atoms with E-state index >= 15 is 0 Å². The number of aryl methyl sites for hydroxylation is 1. The molecule has 0 heterocycles. The van der Waals surface area contributed by atoms with Gasteiger partial charge >= 0.3 is 17.8 Å². The van der Waals surface area contributed by atoms with Gasteiger partial charge in [-0.1, -0.05) is 41.4 Å². The molecule has 200 valence electrons. The SMILES string of the molecule is Cc1ccc(NC(=O)c2ccccc2NC(=O)C(=O)N/N=C\c2ccc(OC(=O)c3ccc(Cl)cc3)cc2)cc1. The third-order valence-electron chi connectivity index (χ3n) is 5.49. The maximum Gasteiger partial charge on any atom is 0.343 e. The molecule has 0 aromatic heterocycles. The monoisotopic (exact) mass is 554 g/mol. The van der Waals surface area contributed by atoms with Crippen LogP contribution in [-0.2, 0) is 9.59 Å².